The largest absolute Gasteiger partial charge is 0.389 e. The third kappa shape index (κ3) is 3.27. The zero-order valence-corrected chi connectivity index (χ0v) is 12.8. The van der Waals surface area contributed by atoms with Gasteiger partial charge >= 0.3 is 0 Å². The molecule has 2 rings (SSSR count). The summed E-state index contributed by atoms with van der Waals surface area (Å²) in [5.41, 5.74) is 9.25. The lowest BCUT2D eigenvalue weighted by Crippen LogP contribution is -2.34. The highest BCUT2D eigenvalue weighted by Crippen LogP contribution is 2.27. The van der Waals surface area contributed by atoms with Crippen LogP contribution in [0.2, 0.25) is 0 Å². The summed E-state index contributed by atoms with van der Waals surface area (Å²) in [5, 5.41) is 0. The summed E-state index contributed by atoms with van der Waals surface area (Å²) in [7, 11) is 0. The predicted octanol–water partition coefficient (Wildman–Crippen LogP) is 3.79. The monoisotopic (exact) mass is 276 g/mol. The molecule has 19 heavy (non-hydrogen) atoms. The fraction of sp³-hybridized carbons (Fsp3) is 0.562. The quantitative estimate of drug-likeness (QED) is 0.852. The number of hydrogen-bond donors (Lipinski definition) is 1. The second kappa shape index (κ2) is 6.38. The molecule has 1 atom stereocenters. The molecule has 0 amide bonds. The van der Waals surface area contributed by atoms with E-state index in [9.17, 15) is 0 Å². The molecule has 2 nitrogen and oxygen atoms in total. The predicted molar refractivity (Wildman–Crippen MR) is 87.0 cm³/mol. The van der Waals surface area contributed by atoms with Gasteiger partial charge in [0.15, 0.2) is 0 Å². The Labute approximate surface area is 122 Å². The van der Waals surface area contributed by atoms with E-state index in [0.717, 1.165) is 5.56 Å². The molecule has 0 spiro atoms. The first-order valence-electron chi connectivity index (χ1n) is 7.30. The minimum Gasteiger partial charge on any atom is -0.389 e. The summed E-state index contributed by atoms with van der Waals surface area (Å²) in [5.74, 6) is 0. The summed E-state index contributed by atoms with van der Waals surface area (Å²) < 4.78 is 0. The van der Waals surface area contributed by atoms with Gasteiger partial charge in [-0.1, -0.05) is 32.0 Å². The van der Waals surface area contributed by atoms with Crippen molar-refractivity contribution >= 4 is 22.9 Å². The Kier molecular flexibility index (Phi) is 4.81. The summed E-state index contributed by atoms with van der Waals surface area (Å²) >= 11 is 5.08. The Morgan fingerprint density at radius 1 is 1.37 bits per heavy atom. The molecule has 1 aromatic carbocycles. The van der Waals surface area contributed by atoms with E-state index in [4.69, 9.17) is 18.0 Å². The number of aryl methyl sites for hydroxylation is 1. The van der Waals surface area contributed by atoms with Crippen LogP contribution >= 0.6 is 12.2 Å². The van der Waals surface area contributed by atoms with E-state index in [2.05, 4.69) is 36.9 Å². The molecule has 3 heteroatoms. The summed E-state index contributed by atoms with van der Waals surface area (Å²) in [4.78, 5) is 3.07. The van der Waals surface area contributed by atoms with Gasteiger partial charge in [0, 0.05) is 23.8 Å². The molecule has 1 fully saturated rings. The average Bonchev–Trinajstić information content (AvgIpc) is 2.63. The smallest absolute Gasteiger partial charge is 0.104 e. The maximum atomic E-state index is 5.74. The van der Waals surface area contributed by atoms with Crippen molar-refractivity contribution in [3.8, 4) is 0 Å². The average molecular weight is 276 g/mol. The zero-order valence-electron chi connectivity index (χ0n) is 12.0. The first-order valence-corrected chi connectivity index (χ1v) is 7.71. The van der Waals surface area contributed by atoms with Gasteiger partial charge < -0.3 is 10.6 Å². The van der Waals surface area contributed by atoms with Crippen molar-refractivity contribution in [3.05, 3.63) is 29.3 Å². The Morgan fingerprint density at radius 3 is 2.79 bits per heavy atom. The molecule has 0 radical (unpaired) electrons. The van der Waals surface area contributed by atoms with Gasteiger partial charge in [0.1, 0.15) is 4.99 Å². The van der Waals surface area contributed by atoms with Gasteiger partial charge in [-0.3, -0.25) is 0 Å². The van der Waals surface area contributed by atoms with E-state index >= 15 is 0 Å². The fourth-order valence-corrected chi connectivity index (χ4v) is 3.27. The first kappa shape index (κ1) is 14.3. The Bertz CT molecular complexity index is 456. The van der Waals surface area contributed by atoms with Crippen LogP contribution in [0.5, 0.6) is 0 Å². The van der Waals surface area contributed by atoms with Crippen LogP contribution in [0.25, 0.3) is 0 Å². The molecule has 1 aliphatic heterocycles. The minimum atomic E-state index is 0.493. The van der Waals surface area contributed by atoms with Gasteiger partial charge in [0.25, 0.3) is 0 Å². The van der Waals surface area contributed by atoms with E-state index in [1.807, 2.05) is 0 Å². The second-order valence-electron chi connectivity index (χ2n) is 5.47. The maximum absolute atomic E-state index is 5.74. The third-order valence-electron chi connectivity index (χ3n) is 4.16. The lowest BCUT2D eigenvalue weighted by atomic mass is 10.0. The number of anilines is 1. The standard InChI is InChI=1S/C16H24N2S/c1-3-13-7-5-4-6-10-18(13)14-8-9-15(16(17)19)12(2)11-14/h8-9,11,13H,3-7,10H2,1-2H3,(H2,17,19). The van der Waals surface area contributed by atoms with E-state index in [1.54, 1.807) is 0 Å². The molecule has 1 heterocycles. The van der Waals surface area contributed by atoms with Crippen LogP contribution in [0.4, 0.5) is 5.69 Å². The number of benzene rings is 1. The van der Waals surface area contributed by atoms with E-state index in [1.165, 1.54) is 49.9 Å². The van der Waals surface area contributed by atoms with Crippen LogP contribution in [0.1, 0.15) is 50.2 Å². The number of hydrogen-bond acceptors (Lipinski definition) is 2. The Morgan fingerprint density at radius 2 is 2.16 bits per heavy atom. The Hall–Kier alpha value is -1.09. The minimum absolute atomic E-state index is 0.493. The molecular weight excluding hydrogens is 252 g/mol. The summed E-state index contributed by atoms with van der Waals surface area (Å²) in [6, 6.07) is 7.17. The molecule has 0 aliphatic carbocycles. The molecule has 0 bridgehead atoms. The molecule has 1 aromatic rings. The first-order chi connectivity index (χ1) is 9.13. The van der Waals surface area contributed by atoms with Crippen molar-refractivity contribution in [3.63, 3.8) is 0 Å². The van der Waals surface area contributed by atoms with Crippen molar-refractivity contribution in [1.29, 1.82) is 0 Å². The molecule has 0 saturated carbocycles. The van der Waals surface area contributed by atoms with Crippen molar-refractivity contribution in [2.75, 3.05) is 11.4 Å². The SMILES string of the molecule is CCC1CCCCCN1c1ccc(C(N)=S)c(C)c1. The van der Waals surface area contributed by atoms with Crippen molar-refractivity contribution in [2.24, 2.45) is 5.73 Å². The molecular formula is C16H24N2S. The lowest BCUT2D eigenvalue weighted by Gasteiger charge is -2.32. The van der Waals surface area contributed by atoms with Gasteiger partial charge in [-0.15, -0.1) is 0 Å². The van der Waals surface area contributed by atoms with Crippen LogP contribution < -0.4 is 10.6 Å². The van der Waals surface area contributed by atoms with Crippen LogP contribution in [0.3, 0.4) is 0 Å². The highest BCUT2D eigenvalue weighted by Gasteiger charge is 2.20. The van der Waals surface area contributed by atoms with E-state index in [-0.39, 0.29) is 0 Å². The highest BCUT2D eigenvalue weighted by molar-refractivity contribution is 7.80. The summed E-state index contributed by atoms with van der Waals surface area (Å²) in [6.45, 7) is 5.56. The molecule has 104 valence electrons. The van der Waals surface area contributed by atoms with Crippen LogP contribution in [0, 0.1) is 6.92 Å². The normalized spacial score (nSPS) is 20.1. The topological polar surface area (TPSA) is 29.3 Å². The highest BCUT2D eigenvalue weighted by atomic mass is 32.1. The number of rotatable bonds is 3. The van der Waals surface area contributed by atoms with Gasteiger partial charge in [-0.2, -0.15) is 0 Å². The van der Waals surface area contributed by atoms with Gasteiger partial charge in [0.05, 0.1) is 0 Å². The van der Waals surface area contributed by atoms with E-state index in [0.29, 0.717) is 11.0 Å². The van der Waals surface area contributed by atoms with Crippen molar-refractivity contribution in [1.82, 2.24) is 0 Å². The second-order valence-corrected chi connectivity index (χ2v) is 5.91. The van der Waals surface area contributed by atoms with E-state index < -0.39 is 0 Å². The van der Waals surface area contributed by atoms with Gasteiger partial charge in [-0.05, 0) is 49.9 Å². The molecule has 1 unspecified atom stereocenters. The lowest BCUT2D eigenvalue weighted by molar-refractivity contribution is 0.556. The molecule has 2 N–H and O–H groups in total. The molecule has 0 aromatic heterocycles. The van der Waals surface area contributed by atoms with Crippen LogP contribution in [-0.4, -0.2) is 17.6 Å². The number of nitrogens with two attached hydrogens (primary N) is 1. The van der Waals surface area contributed by atoms with Crippen LogP contribution in [-0.2, 0) is 0 Å². The Balaban J connectivity index is 2.28. The molecule has 1 aliphatic rings. The molecule has 1 saturated heterocycles. The van der Waals surface area contributed by atoms with Crippen molar-refractivity contribution < 1.29 is 0 Å². The number of nitrogens with zero attached hydrogens (tertiary/aromatic N) is 1. The number of thiocarbonyl (C=S) groups is 1. The van der Waals surface area contributed by atoms with Crippen molar-refractivity contribution in [2.45, 2.75) is 52.0 Å². The van der Waals surface area contributed by atoms with Gasteiger partial charge in [0.2, 0.25) is 0 Å². The fourth-order valence-electron chi connectivity index (χ4n) is 3.04. The summed E-state index contributed by atoms with van der Waals surface area (Å²) in [6.07, 6.45) is 6.55. The van der Waals surface area contributed by atoms with Crippen LogP contribution in [0.15, 0.2) is 18.2 Å². The zero-order chi connectivity index (χ0) is 13.8. The maximum Gasteiger partial charge on any atom is 0.104 e. The van der Waals surface area contributed by atoms with Gasteiger partial charge in [-0.25, -0.2) is 0 Å². The third-order valence-corrected chi connectivity index (χ3v) is 4.38.